The Balaban J connectivity index is 1.35. The molecular formula is C22H26N2O3. The molecule has 2 aromatic rings. The number of oxime groups is 1. The van der Waals surface area contributed by atoms with Crippen LogP contribution in [0.25, 0.3) is 0 Å². The van der Waals surface area contributed by atoms with E-state index in [0.717, 1.165) is 31.1 Å². The Kier molecular flexibility index (Phi) is 5.41. The third-order valence-corrected chi connectivity index (χ3v) is 5.21. The maximum Gasteiger partial charge on any atom is 0.149 e. The molecule has 1 fully saturated rings. The summed E-state index contributed by atoms with van der Waals surface area (Å²) in [6.07, 6.45) is 0.165. The van der Waals surface area contributed by atoms with Crippen LogP contribution in [0.5, 0.6) is 5.75 Å². The fourth-order valence-corrected chi connectivity index (χ4v) is 3.73. The number of likely N-dealkylation sites (tertiary alicyclic amines) is 1. The van der Waals surface area contributed by atoms with E-state index in [1.807, 2.05) is 12.1 Å². The zero-order chi connectivity index (χ0) is 18.6. The molecule has 2 atom stereocenters. The van der Waals surface area contributed by atoms with Crippen LogP contribution in [0, 0.1) is 12.8 Å². The molecule has 0 radical (unpaired) electrons. The van der Waals surface area contributed by atoms with Crippen LogP contribution in [0.3, 0.4) is 0 Å². The van der Waals surface area contributed by atoms with Gasteiger partial charge in [-0.05, 0) is 30.2 Å². The summed E-state index contributed by atoms with van der Waals surface area (Å²) in [5, 5.41) is 4.37. The van der Waals surface area contributed by atoms with Crippen LogP contribution in [0.1, 0.15) is 16.7 Å². The summed E-state index contributed by atoms with van der Waals surface area (Å²) in [4.78, 5) is 8.17. The molecule has 2 aromatic carbocycles. The van der Waals surface area contributed by atoms with Gasteiger partial charge < -0.3 is 14.3 Å². The largest absolute Gasteiger partial charge is 0.491 e. The van der Waals surface area contributed by atoms with Crippen molar-refractivity contribution in [1.82, 2.24) is 4.90 Å². The van der Waals surface area contributed by atoms with Crippen molar-refractivity contribution < 1.29 is 14.3 Å². The molecular weight excluding hydrogens is 340 g/mol. The van der Waals surface area contributed by atoms with Gasteiger partial charge in [-0.25, -0.2) is 0 Å². The van der Waals surface area contributed by atoms with Crippen molar-refractivity contribution in [3.05, 3.63) is 65.2 Å². The molecule has 5 nitrogen and oxygen atoms in total. The number of rotatable bonds is 7. The Bertz CT molecular complexity index is 786. The zero-order valence-corrected chi connectivity index (χ0v) is 15.9. The van der Waals surface area contributed by atoms with Gasteiger partial charge in [0.05, 0.1) is 18.2 Å². The molecule has 142 valence electrons. The van der Waals surface area contributed by atoms with Crippen molar-refractivity contribution in [3.8, 4) is 5.75 Å². The quantitative estimate of drug-likeness (QED) is 0.706. The van der Waals surface area contributed by atoms with Crippen LogP contribution in [0.4, 0.5) is 0 Å². The number of ether oxygens (including phenoxy) is 2. The van der Waals surface area contributed by atoms with E-state index >= 15 is 0 Å². The minimum atomic E-state index is 0.165. The number of benzene rings is 2. The van der Waals surface area contributed by atoms with Crippen LogP contribution in [0.15, 0.2) is 53.7 Å². The molecule has 27 heavy (non-hydrogen) atoms. The Labute approximate surface area is 160 Å². The van der Waals surface area contributed by atoms with Crippen molar-refractivity contribution in [2.75, 3.05) is 33.4 Å². The molecule has 2 aliphatic heterocycles. The SMILES string of the molecule is COCCOc1ccc(CN2C[C@@H]3ON=C(c4ccc(C)cc4)[C@@H]3C2)cc1. The molecule has 5 heteroatoms. The maximum atomic E-state index is 5.73. The van der Waals surface area contributed by atoms with Crippen molar-refractivity contribution in [3.63, 3.8) is 0 Å². The molecule has 0 unspecified atom stereocenters. The number of hydrogen-bond donors (Lipinski definition) is 0. The molecule has 2 aliphatic rings. The number of hydrogen-bond acceptors (Lipinski definition) is 5. The van der Waals surface area contributed by atoms with E-state index in [1.54, 1.807) is 7.11 Å². The Morgan fingerprint density at radius 2 is 1.81 bits per heavy atom. The lowest BCUT2D eigenvalue weighted by atomic mass is 9.94. The van der Waals surface area contributed by atoms with Gasteiger partial charge in [0.1, 0.15) is 18.5 Å². The Hall–Kier alpha value is -2.37. The highest BCUT2D eigenvalue weighted by atomic mass is 16.6. The van der Waals surface area contributed by atoms with E-state index in [0.29, 0.717) is 19.1 Å². The Morgan fingerprint density at radius 3 is 2.56 bits per heavy atom. The molecule has 0 amide bonds. The minimum Gasteiger partial charge on any atom is -0.491 e. The van der Waals surface area contributed by atoms with Gasteiger partial charge in [-0.1, -0.05) is 47.1 Å². The normalized spacial score (nSPS) is 21.6. The van der Waals surface area contributed by atoms with Gasteiger partial charge >= 0.3 is 0 Å². The monoisotopic (exact) mass is 366 g/mol. The van der Waals surface area contributed by atoms with Crippen LogP contribution < -0.4 is 4.74 Å². The van der Waals surface area contributed by atoms with Gasteiger partial charge in [-0.15, -0.1) is 0 Å². The van der Waals surface area contributed by atoms with E-state index in [4.69, 9.17) is 14.3 Å². The molecule has 2 heterocycles. The fraction of sp³-hybridized carbons (Fsp3) is 0.409. The van der Waals surface area contributed by atoms with Gasteiger partial charge in [0.2, 0.25) is 0 Å². The highest BCUT2D eigenvalue weighted by Gasteiger charge is 2.42. The third kappa shape index (κ3) is 4.15. The molecule has 0 saturated carbocycles. The summed E-state index contributed by atoms with van der Waals surface area (Å²) in [5.74, 6) is 1.23. The van der Waals surface area contributed by atoms with Gasteiger partial charge in [-0.2, -0.15) is 0 Å². The number of nitrogens with zero attached hydrogens (tertiary/aromatic N) is 2. The third-order valence-electron chi connectivity index (χ3n) is 5.21. The second kappa shape index (κ2) is 8.11. The fourth-order valence-electron chi connectivity index (χ4n) is 3.73. The first-order valence-corrected chi connectivity index (χ1v) is 9.47. The van der Waals surface area contributed by atoms with E-state index in [-0.39, 0.29) is 6.10 Å². The lowest BCUT2D eigenvalue weighted by molar-refractivity contribution is 0.0745. The molecule has 0 bridgehead atoms. The van der Waals surface area contributed by atoms with E-state index in [9.17, 15) is 0 Å². The van der Waals surface area contributed by atoms with Crippen LogP contribution in [-0.4, -0.2) is 50.1 Å². The molecule has 4 rings (SSSR count). The summed E-state index contributed by atoms with van der Waals surface area (Å²) >= 11 is 0. The second-order valence-corrected chi connectivity index (χ2v) is 7.27. The first kappa shape index (κ1) is 18.0. The number of methoxy groups -OCH3 is 1. The molecule has 0 aromatic heterocycles. The lowest BCUT2D eigenvalue weighted by Crippen LogP contribution is -2.23. The highest BCUT2D eigenvalue weighted by molar-refractivity contribution is 6.03. The van der Waals surface area contributed by atoms with E-state index in [2.05, 4.69) is 53.4 Å². The average Bonchev–Trinajstić information content (AvgIpc) is 3.24. The predicted octanol–water partition coefficient (Wildman–Crippen LogP) is 3.26. The summed E-state index contributed by atoms with van der Waals surface area (Å²) in [7, 11) is 1.68. The van der Waals surface area contributed by atoms with E-state index in [1.165, 1.54) is 16.7 Å². The molecule has 0 N–H and O–H groups in total. The van der Waals surface area contributed by atoms with Crippen molar-refractivity contribution in [1.29, 1.82) is 0 Å². The Morgan fingerprint density at radius 1 is 1.04 bits per heavy atom. The number of fused-ring (bicyclic) bond motifs is 1. The van der Waals surface area contributed by atoms with E-state index < -0.39 is 0 Å². The van der Waals surface area contributed by atoms with Crippen molar-refractivity contribution >= 4 is 5.71 Å². The maximum absolute atomic E-state index is 5.73. The zero-order valence-electron chi connectivity index (χ0n) is 15.9. The summed E-state index contributed by atoms with van der Waals surface area (Å²) in [6, 6.07) is 16.9. The van der Waals surface area contributed by atoms with Gasteiger partial charge in [0, 0.05) is 26.7 Å². The minimum absolute atomic E-state index is 0.165. The van der Waals surface area contributed by atoms with Crippen LogP contribution in [0.2, 0.25) is 0 Å². The molecule has 0 spiro atoms. The second-order valence-electron chi connectivity index (χ2n) is 7.27. The van der Waals surface area contributed by atoms with Crippen molar-refractivity contribution in [2.24, 2.45) is 11.1 Å². The van der Waals surface area contributed by atoms with Gasteiger partial charge in [-0.3, -0.25) is 4.90 Å². The number of aryl methyl sites for hydroxylation is 1. The summed E-state index contributed by atoms with van der Waals surface area (Å²) in [5.41, 5.74) is 4.80. The standard InChI is InChI=1S/C22H26N2O3/c1-16-3-7-18(8-4-16)22-20-14-24(15-21(20)27-23-22)13-17-5-9-19(10-6-17)26-12-11-25-2/h3-10,20-21H,11-15H2,1-2H3/t20-,21+/m1/s1. The molecule has 0 aliphatic carbocycles. The molecule has 1 saturated heterocycles. The average molecular weight is 366 g/mol. The smallest absolute Gasteiger partial charge is 0.149 e. The lowest BCUT2D eigenvalue weighted by Gasteiger charge is -2.16. The summed E-state index contributed by atoms with van der Waals surface area (Å²) in [6.45, 7) is 6.08. The highest BCUT2D eigenvalue weighted by Crippen LogP contribution is 2.31. The summed E-state index contributed by atoms with van der Waals surface area (Å²) < 4.78 is 10.6. The van der Waals surface area contributed by atoms with Gasteiger partial charge in [0.25, 0.3) is 0 Å². The van der Waals surface area contributed by atoms with Gasteiger partial charge in [0.15, 0.2) is 0 Å². The first-order valence-electron chi connectivity index (χ1n) is 9.47. The van der Waals surface area contributed by atoms with Crippen molar-refractivity contribution in [2.45, 2.75) is 19.6 Å². The first-order chi connectivity index (χ1) is 13.2. The topological polar surface area (TPSA) is 43.3 Å². The predicted molar refractivity (Wildman–Crippen MR) is 105 cm³/mol. The van der Waals surface area contributed by atoms with Crippen LogP contribution in [-0.2, 0) is 16.1 Å². The van der Waals surface area contributed by atoms with Crippen LogP contribution >= 0.6 is 0 Å².